The third kappa shape index (κ3) is 2.53. The highest BCUT2D eigenvalue weighted by Gasteiger charge is 2.28. The fourth-order valence-electron chi connectivity index (χ4n) is 2.85. The molecule has 0 aromatic heterocycles. The highest BCUT2D eigenvalue weighted by molar-refractivity contribution is 5.49. The number of alkyl halides is 1. The Hall–Kier alpha value is -1.33. The number of rotatable bonds is 4. The molecule has 2 aliphatic heterocycles. The average molecular weight is 266 g/mol. The topological polar surface area (TPSA) is 33.7 Å². The van der Waals surface area contributed by atoms with E-state index in [4.69, 9.17) is 9.47 Å². The molecule has 0 unspecified atom stereocenters. The molecule has 0 bridgehead atoms. The van der Waals surface area contributed by atoms with Crippen LogP contribution in [0.2, 0.25) is 0 Å². The molecule has 2 aliphatic rings. The first-order valence-electron chi connectivity index (χ1n) is 6.79. The summed E-state index contributed by atoms with van der Waals surface area (Å²) in [7, 11) is 0. The third-order valence-electron chi connectivity index (χ3n) is 3.76. The van der Waals surface area contributed by atoms with Crippen LogP contribution in [0.4, 0.5) is 4.39 Å². The largest absolute Gasteiger partial charge is 0.454 e. The lowest BCUT2D eigenvalue weighted by Crippen LogP contribution is -2.45. The Balaban J connectivity index is 1.89. The van der Waals surface area contributed by atoms with E-state index in [1.807, 2.05) is 18.2 Å². The fraction of sp³-hybridized carbons (Fsp3) is 0.571. The van der Waals surface area contributed by atoms with Crippen molar-refractivity contribution in [2.75, 3.05) is 39.6 Å². The molecule has 104 valence electrons. The molecular weight excluding hydrogens is 247 g/mol. The van der Waals surface area contributed by atoms with Crippen molar-refractivity contribution in [2.24, 2.45) is 0 Å². The van der Waals surface area contributed by atoms with Gasteiger partial charge in [-0.3, -0.25) is 9.29 Å². The van der Waals surface area contributed by atoms with Crippen LogP contribution in [0.25, 0.3) is 0 Å². The quantitative estimate of drug-likeness (QED) is 0.899. The van der Waals surface area contributed by atoms with Gasteiger partial charge in [-0.15, -0.1) is 0 Å². The minimum Gasteiger partial charge on any atom is -0.454 e. The van der Waals surface area contributed by atoms with E-state index in [0.29, 0.717) is 6.42 Å². The molecule has 1 aromatic carbocycles. The Morgan fingerprint density at radius 2 is 2.11 bits per heavy atom. The fourth-order valence-corrected chi connectivity index (χ4v) is 2.85. The molecule has 0 spiro atoms. The number of piperazine rings is 1. The third-order valence-corrected chi connectivity index (χ3v) is 3.76. The smallest absolute Gasteiger partial charge is 0.231 e. The summed E-state index contributed by atoms with van der Waals surface area (Å²) in [4.78, 5) is 2.33. The maximum atomic E-state index is 12.9. The number of hydrogen-bond acceptors (Lipinski definition) is 4. The second-order valence-corrected chi connectivity index (χ2v) is 4.86. The van der Waals surface area contributed by atoms with Crippen molar-refractivity contribution in [3.8, 4) is 11.5 Å². The number of para-hydroxylation sites is 1. The molecule has 4 nitrogen and oxygen atoms in total. The van der Waals surface area contributed by atoms with Crippen molar-refractivity contribution in [2.45, 2.75) is 12.5 Å². The maximum Gasteiger partial charge on any atom is 0.231 e. The van der Waals surface area contributed by atoms with Gasteiger partial charge in [0.25, 0.3) is 0 Å². The van der Waals surface area contributed by atoms with Crippen LogP contribution in [0, 0.1) is 0 Å². The molecule has 0 saturated carbocycles. The average Bonchev–Trinajstić information content (AvgIpc) is 2.94. The Bertz CT molecular complexity index is 435. The van der Waals surface area contributed by atoms with Gasteiger partial charge in [0.1, 0.15) is 0 Å². The first-order valence-corrected chi connectivity index (χ1v) is 6.79. The molecule has 0 radical (unpaired) electrons. The van der Waals surface area contributed by atoms with Crippen molar-refractivity contribution >= 4 is 0 Å². The molecule has 1 N–H and O–H groups in total. The molecule has 0 aliphatic carbocycles. The lowest BCUT2D eigenvalue weighted by molar-refractivity contribution is 0.148. The second-order valence-electron chi connectivity index (χ2n) is 4.86. The van der Waals surface area contributed by atoms with Crippen LogP contribution in [0.1, 0.15) is 18.0 Å². The van der Waals surface area contributed by atoms with Gasteiger partial charge in [-0.05, 0) is 12.5 Å². The van der Waals surface area contributed by atoms with Crippen LogP contribution in [-0.4, -0.2) is 44.5 Å². The SMILES string of the molecule is FCC[C@@H](c1cccc2c1OCO2)N1CCNCC1. The predicted octanol–water partition coefficient (Wildman–Crippen LogP) is 1.72. The van der Waals surface area contributed by atoms with Gasteiger partial charge >= 0.3 is 0 Å². The summed E-state index contributed by atoms with van der Waals surface area (Å²) < 4.78 is 23.9. The highest BCUT2D eigenvalue weighted by atomic mass is 19.1. The second kappa shape index (κ2) is 5.75. The van der Waals surface area contributed by atoms with Crippen molar-refractivity contribution in [3.05, 3.63) is 23.8 Å². The zero-order valence-corrected chi connectivity index (χ0v) is 10.9. The number of fused-ring (bicyclic) bond motifs is 1. The monoisotopic (exact) mass is 266 g/mol. The Kier molecular flexibility index (Phi) is 3.84. The molecule has 0 amide bonds. The maximum absolute atomic E-state index is 12.9. The summed E-state index contributed by atoms with van der Waals surface area (Å²) in [5.41, 5.74) is 1.05. The lowest BCUT2D eigenvalue weighted by atomic mass is 10.00. The molecule has 3 rings (SSSR count). The van der Waals surface area contributed by atoms with E-state index >= 15 is 0 Å². The van der Waals surface area contributed by atoms with Crippen LogP contribution in [-0.2, 0) is 0 Å². The number of nitrogens with zero attached hydrogens (tertiary/aromatic N) is 1. The number of hydrogen-bond donors (Lipinski definition) is 1. The van der Waals surface area contributed by atoms with E-state index in [2.05, 4.69) is 10.2 Å². The van der Waals surface area contributed by atoms with Crippen molar-refractivity contribution in [1.29, 1.82) is 0 Å². The van der Waals surface area contributed by atoms with E-state index in [9.17, 15) is 4.39 Å². The molecule has 1 saturated heterocycles. The number of halogens is 1. The Labute approximate surface area is 112 Å². The van der Waals surface area contributed by atoms with Gasteiger partial charge in [-0.25, -0.2) is 0 Å². The summed E-state index contributed by atoms with van der Waals surface area (Å²) in [6, 6.07) is 5.95. The highest BCUT2D eigenvalue weighted by Crippen LogP contribution is 2.41. The van der Waals surface area contributed by atoms with Crippen LogP contribution in [0.15, 0.2) is 18.2 Å². The van der Waals surface area contributed by atoms with Crippen molar-refractivity contribution < 1.29 is 13.9 Å². The van der Waals surface area contributed by atoms with E-state index in [-0.39, 0.29) is 19.5 Å². The first-order chi connectivity index (χ1) is 9.40. The van der Waals surface area contributed by atoms with Crippen LogP contribution >= 0.6 is 0 Å². The molecule has 2 heterocycles. The van der Waals surface area contributed by atoms with Crippen LogP contribution < -0.4 is 14.8 Å². The standard InChI is InChI=1S/C14H19FN2O2/c15-5-4-12(17-8-6-16-7-9-17)11-2-1-3-13-14(11)19-10-18-13/h1-3,12,16H,4-10H2/t12-/m0/s1. The minimum absolute atomic E-state index is 0.0729. The number of ether oxygens (including phenoxy) is 2. The molecule has 1 atom stereocenters. The molecule has 5 heteroatoms. The van der Waals surface area contributed by atoms with Gasteiger partial charge in [-0.1, -0.05) is 12.1 Å². The van der Waals surface area contributed by atoms with Gasteiger partial charge in [0.2, 0.25) is 6.79 Å². The summed E-state index contributed by atoms with van der Waals surface area (Å²) >= 11 is 0. The normalized spacial score (nSPS) is 20.5. The summed E-state index contributed by atoms with van der Waals surface area (Å²) in [5, 5.41) is 3.32. The van der Waals surface area contributed by atoms with Gasteiger partial charge in [0, 0.05) is 37.8 Å². The molecular formula is C14H19FN2O2. The zero-order chi connectivity index (χ0) is 13.1. The van der Waals surface area contributed by atoms with E-state index in [0.717, 1.165) is 43.2 Å². The van der Waals surface area contributed by atoms with Crippen LogP contribution in [0.3, 0.4) is 0 Å². The summed E-state index contributed by atoms with van der Waals surface area (Å²) in [6.45, 7) is 3.73. The van der Waals surface area contributed by atoms with E-state index in [1.54, 1.807) is 0 Å². The Morgan fingerprint density at radius 1 is 1.26 bits per heavy atom. The van der Waals surface area contributed by atoms with E-state index in [1.165, 1.54) is 0 Å². The molecule has 19 heavy (non-hydrogen) atoms. The summed E-state index contributed by atoms with van der Waals surface area (Å²) in [6.07, 6.45) is 0.500. The van der Waals surface area contributed by atoms with Crippen molar-refractivity contribution in [1.82, 2.24) is 10.2 Å². The van der Waals surface area contributed by atoms with E-state index < -0.39 is 0 Å². The predicted molar refractivity (Wildman–Crippen MR) is 70.3 cm³/mol. The van der Waals surface area contributed by atoms with Crippen LogP contribution in [0.5, 0.6) is 11.5 Å². The molecule has 1 fully saturated rings. The van der Waals surface area contributed by atoms with Crippen molar-refractivity contribution in [3.63, 3.8) is 0 Å². The van der Waals surface area contributed by atoms with Gasteiger partial charge < -0.3 is 14.8 Å². The first kappa shape index (κ1) is 12.7. The zero-order valence-electron chi connectivity index (χ0n) is 10.9. The summed E-state index contributed by atoms with van der Waals surface area (Å²) in [5.74, 6) is 1.57. The Morgan fingerprint density at radius 3 is 2.89 bits per heavy atom. The molecule has 1 aromatic rings. The number of nitrogens with one attached hydrogen (secondary N) is 1. The lowest BCUT2D eigenvalue weighted by Gasteiger charge is -2.35. The van der Waals surface area contributed by atoms with Gasteiger partial charge in [-0.2, -0.15) is 0 Å². The van der Waals surface area contributed by atoms with Gasteiger partial charge in [0.05, 0.1) is 6.67 Å². The minimum atomic E-state index is -0.320. The number of benzene rings is 1. The van der Waals surface area contributed by atoms with Gasteiger partial charge in [0.15, 0.2) is 11.5 Å².